The van der Waals surface area contributed by atoms with Crippen molar-refractivity contribution in [2.24, 2.45) is 5.92 Å². The molecule has 1 heterocycles. The lowest BCUT2D eigenvalue weighted by Gasteiger charge is -2.27. The Morgan fingerprint density at radius 3 is 2.29 bits per heavy atom. The Bertz CT molecular complexity index is 576. The highest BCUT2D eigenvalue weighted by molar-refractivity contribution is 7.19. The van der Waals surface area contributed by atoms with Crippen LogP contribution in [0, 0.1) is 5.92 Å². The molecule has 1 saturated carbocycles. The highest BCUT2D eigenvalue weighted by Gasteiger charge is 2.39. The summed E-state index contributed by atoms with van der Waals surface area (Å²) >= 11 is 1.12. The van der Waals surface area contributed by atoms with Gasteiger partial charge in [-0.1, -0.05) is 0 Å². The van der Waals surface area contributed by atoms with E-state index in [2.05, 4.69) is 19.2 Å². The first-order valence-corrected chi connectivity index (χ1v) is 7.50. The van der Waals surface area contributed by atoms with Gasteiger partial charge in [0.2, 0.25) is 0 Å². The van der Waals surface area contributed by atoms with E-state index >= 15 is 0 Å². The molecule has 2 rings (SSSR count). The normalized spacial score (nSPS) is 14.7. The van der Waals surface area contributed by atoms with Gasteiger partial charge in [-0.3, -0.25) is 0 Å². The second-order valence-corrected chi connectivity index (χ2v) is 6.67. The number of rotatable bonds is 5. The predicted octanol–water partition coefficient (Wildman–Crippen LogP) is 2.50. The van der Waals surface area contributed by atoms with Gasteiger partial charge in [-0.2, -0.15) is 0 Å². The van der Waals surface area contributed by atoms with Crippen molar-refractivity contribution in [2.45, 2.75) is 32.2 Å². The minimum Gasteiger partial charge on any atom is -0.465 e. The number of hydrogen-bond donors (Lipinski definition) is 2. The quantitative estimate of drug-likeness (QED) is 0.812. The summed E-state index contributed by atoms with van der Waals surface area (Å²) in [5.74, 6) is -0.569. The maximum Gasteiger partial charge on any atom is 0.350 e. The van der Waals surface area contributed by atoms with Gasteiger partial charge in [-0.25, -0.2) is 9.59 Å². The topological polar surface area (TPSA) is 90.6 Å². The SMILES string of the molecule is COC(=O)c1sc(NC(C)(C)C2CC2)c(C(=O)OC)c1N. The molecule has 3 N–H and O–H groups in total. The van der Waals surface area contributed by atoms with Crippen LogP contribution in [0.15, 0.2) is 0 Å². The predicted molar refractivity (Wildman–Crippen MR) is 81.8 cm³/mol. The summed E-state index contributed by atoms with van der Waals surface area (Å²) in [4.78, 5) is 23.9. The lowest BCUT2D eigenvalue weighted by molar-refractivity contribution is 0.0602. The number of methoxy groups -OCH3 is 2. The Labute approximate surface area is 127 Å². The fraction of sp³-hybridized carbons (Fsp3) is 0.571. The number of nitrogen functional groups attached to an aromatic ring is 1. The fourth-order valence-electron chi connectivity index (χ4n) is 2.28. The standard InChI is InChI=1S/C14H20N2O4S/c1-14(2,7-5-6-7)16-11-8(12(17)19-3)9(15)10(21-11)13(18)20-4/h7,16H,5-6,15H2,1-4H3. The van der Waals surface area contributed by atoms with Crippen LogP contribution in [0.4, 0.5) is 10.7 Å². The molecular formula is C14H20N2O4S. The zero-order chi connectivity index (χ0) is 15.8. The van der Waals surface area contributed by atoms with Gasteiger partial charge in [0, 0.05) is 5.54 Å². The van der Waals surface area contributed by atoms with Crippen LogP contribution in [0.25, 0.3) is 0 Å². The number of anilines is 2. The molecule has 0 aliphatic heterocycles. The third kappa shape index (κ3) is 2.97. The van der Waals surface area contributed by atoms with E-state index in [4.69, 9.17) is 15.2 Å². The lowest BCUT2D eigenvalue weighted by atomic mass is 9.99. The third-order valence-electron chi connectivity index (χ3n) is 3.74. The summed E-state index contributed by atoms with van der Waals surface area (Å²) in [6, 6.07) is 0. The molecule has 1 aliphatic carbocycles. The number of carbonyl (C=O) groups excluding carboxylic acids is 2. The molecule has 0 unspecified atom stereocenters. The summed E-state index contributed by atoms with van der Waals surface area (Å²) in [6.07, 6.45) is 2.30. The molecule has 1 aromatic heterocycles. The average Bonchev–Trinajstić information content (AvgIpc) is 3.24. The maximum absolute atomic E-state index is 12.0. The van der Waals surface area contributed by atoms with Crippen molar-refractivity contribution in [3.8, 4) is 0 Å². The van der Waals surface area contributed by atoms with Gasteiger partial charge >= 0.3 is 11.9 Å². The van der Waals surface area contributed by atoms with Gasteiger partial charge in [-0.15, -0.1) is 11.3 Å². The van der Waals surface area contributed by atoms with Crippen molar-refractivity contribution in [3.05, 3.63) is 10.4 Å². The monoisotopic (exact) mass is 312 g/mol. The van der Waals surface area contributed by atoms with Crippen LogP contribution in [-0.4, -0.2) is 31.7 Å². The highest BCUT2D eigenvalue weighted by atomic mass is 32.1. The molecule has 6 nitrogen and oxygen atoms in total. The van der Waals surface area contributed by atoms with Crippen LogP contribution in [0.1, 0.15) is 46.7 Å². The van der Waals surface area contributed by atoms with E-state index in [1.807, 2.05) is 0 Å². The van der Waals surface area contributed by atoms with Crippen LogP contribution in [0.2, 0.25) is 0 Å². The second-order valence-electron chi connectivity index (χ2n) is 5.65. The van der Waals surface area contributed by atoms with E-state index in [9.17, 15) is 9.59 Å². The lowest BCUT2D eigenvalue weighted by Crippen LogP contribution is -2.33. The fourth-order valence-corrected chi connectivity index (χ4v) is 3.47. The molecule has 1 fully saturated rings. The van der Waals surface area contributed by atoms with Gasteiger partial charge in [0.05, 0.1) is 19.9 Å². The van der Waals surface area contributed by atoms with Crippen LogP contribution in [0.3, 0.4) is 0 Å². The molecule has 1 aromatic rings. The number of esters is 2. The van der Waals surface area contributed by atoms with Crippen LogP contribution in [-0.2, 0) is 9.47 Å². The third-order valence-corrected chi connectivity index (χ3v) is 4.84. The largest absolute Gasteiger partial charge is 0.465 e. The van der Waals surface area contributed by atoms with E-state index in [0.29, 0.717) is 10.9 Å². The summed E-state index contributed by atoms with van der Waals surface area (Å²) < 4.78 is 9.47. The minimum atomic E-state index is -0.562. The van der Waals surface area contributed by atoms with Crippen molar-refractivity contribution in [1.82, 2.24) is 0 Å². The smallest absolute Gasteiger partial charge is 0.350 e. The van der Waals surface area contributed by atoms with Crippen molar-refractivity contribution < 1.29 is 19.1 Å². The van der Waals surface area contributed by atoms with E-state index in [1.54, 1.807) is 0 Å². The number of thiophene rings is 1. The van der Waals surface area contributed by atoms with Crippen LogP contribution >= 0.6 is 11.3 Å². The minimum absolute atomic E-state index is 0.104. The number of nitrogens with two attached hydrogens (primary N) is 1. The summed E-state index contributed by atoms with van der Waals surface area (Å²) in [6.45, 7) is 4.14. The van der Waals surface area contributed by atoms with Gasteiger partial charge in [0.25, 0.3) is 0 Å². The molecule has 0 radical (unpaired) electrons. The molecule has 0 aromatic carbocycles. The number of nitrogens with one attached hydrogen (secondary N) is 1. The molecule has 0 atom stereocenters. The first-order valence-electron chi connectivity index (χ1n) is 6.69. The molecule has 0 spiro atoms. The van der Waals surface area contributed by atoms with Crippen molar-refractivity contribution in [2.75, 3.05) is 25.3 Å². The zero-order valence-corrected chi connectivity index (χ0v) is 13.4. The highest BCUT2D eigenvalue weighted by Crippen LogP contribution is 2.44. The molecule has 7 heteroatoms. The van der Waals surface area contributed by atoms with Crippen molar-refractivity contribution in [1.29, 1.82) is 0 Å². The molecule has 21 heavy (non-hydrogen) atoms. The van der Waals surface area contributed by atoms with E-state index in [1.165, 1.54) is 14.2 Å². The Hall–Kier alpha value is -1.76. The molecule has 0 bridgehead atoms. The van der Waals surface area contributed by atoms with Crippen molar-refractivity contribution >= 4 is 34.0 Å². The Balaban J connectivity index is 2.42. The van der Waals surface area contributed by atoms with Gasteiger partial charge in [0.15, 0.2) is 0 Å². The maximum atomic E-state index is 12.0. The molecule has 0 amide bonds. The van der Waals surface area contributed by atoms with Gasteiger partial charge in [-0.05, 0) is 32.6 Å². The number of hydrogen-bond acceptors (Lipinski definition) is 7. The molecule has 116 valence electrons. The van der Waals surface area contributed by atoms with E-state index in [-0.39, 0.29) is 21.7 Å². The molecular weight excluding hydrogens is 292 g/mol. The summed E-state index contributed by atoms with van der Waals surface area (Å²) in [5.41, 5.74) is 6.07. The Kier molecular flexibility index (Phi) is 4.13. The first-order chi connectivity index (χ1) is 9.81. The van der Waals surface area contributed by atoms with E-state index in [0.717, 1.165) is 24.2 Å². The first kappa shape index (κ1) is 15.6. The van der Waals surface area contributed by atoms with Crippen molar-refractivity contribution in [3.63, 3.8) is 0 Å². The van der Waals surface area contributed by atoms with Gasteiger partial charge in [0.1, 0.15) is 15.4 Å². The summed E-state index contributed by atoms with van der Waals surface area (Å²) in [5, 5.41) is 3.89. The number of ether oxygens (including phenoxy) is 2. The van der Waals surface area contributed by atoms with Crippen LogP contribution < -0.4 is 11.1 Å². The summed E-state index contributed by atoms with van der Waals surface area (Å²) in [7, 11) is 2.56. The van der Waals surface area contributed by atoms with E-state index < -0.39 is 11.9 Å². The second kappa shape index (κ2) is 5.55. The zero-order valence-electron chi connectivity index (χ0n) is 12.6. The Morgan fingerprint density at radius 1 is 1.24 bits per heavy atom. The van der Waals surface area contributed by atoms with Crippen LogP contribution in [0.5, 0.6) is 0 Å². The Morgan fingerprint density at radius 2 is 1.81 bits per heavy atom. The number of carbonyl (C=O) groups is 2. The molecule has 1 aliphatic rings. The average molecular weight is 312 g/mol. The van der Waals surface area contributed by atoms with Gasteiger partial charge < -0.3 is 20.5 Å². The molecule has 0 saturated heterocycles.